The van der Waals surface area contributed by atoms with Crippen molar-refractivity contribution in [2.45, 2.75) is 19.9 Å². The van der Waals surface area contributed by atoms with E-state index in [2.05, 4.69) is 33.2 Å². The Bertz CT molecular complexity index is 531. The van der Waals surface area contributed by atoms with Gasteiger partial charge in [-0.2, -0.15) is 0 Å². The first-order valence-electron chi connectivity index (χ1n) is 6.38. The number of nitrogens with zero attached hydrogens (tertiary/aromatic N) is 1. The molecule has 0 amide bonds. The van der Waals surface area contributed by atoms with E-state index in [-0.39, 0.29) is 0 Å². The highest BCUT2D eigenvalue weighted by atomic mass is 79.9. The molecular formula is C15H17BrN2O. The van der Waals surface area contributed by atoms with Crippen LogP contribution >= 0.6 is 15.9 Å². The van der Waals surface area contributed by atoms with Crippen molar-refractivity contribution in [2.75, 3.05) is 6.54 Å². The second-order valence-corrected chi connectivity index (χ2v) is 5.03. The van der Waals surface area contributed by atoms with E-state index < -0.39 is 0 Å². The van der Waals surface area contributed by atoms with Crippen molar-refractivity contribution in [3.8, 4) is 11.6 Å². The molecule has 0 aliphatic carbocycles. The zero-order valence-electron chi connectivity index (χ0n) is 10.9. The molecule has 0 spiro atoms. The Balaban J connectivity index is 2.13. The van der Waals surface area contributed by atoms with Crippen LogP contribution in [0.1, 0.15) is 18.9 Å². The number of rotatable bonds is 6. The average Bonchev–Trinajstić information content (AvgIpc) is 2.43. The normalized spacial score (nSPS) is 10.4. The Kier molecular flexibility index (Phi) is 5.36. The van der Waals surface area contributed by atoms with Gasteiger partial charge < -0.3 is 10.1 Å². The van der Waals surface area contributed by atoms with Gasteiger partial charge in [-0.3, -0.25) is 0 Å². The van der Waals surface area contributed by atoms with Gasteiger partial charge in [0.1, 0.15) is 5.75 Å². The van der Waals surface area contributed by atoms with Gasteiger partial charge >= 0.3 is 0 Å². The van der Waals surface area contributed by atoms with E-state index in [9.17, 15) is 0 Å². The summed E-state index contributed by atoms with van der Waals surface area (Å²) in [5, 5.41) is 3.36. The third-order valence-electron chi connectivity index (χ3n) is 2.64. The fourth-order valence-electron chi connectivity index (χ4n) is 1.68. The lowest BCUT2D eigenvalue weighted by Gasteiger charge is -2.11. The van der Waals surface area contributed by atoms with Crippen LogP contribution in [0.15, 0.2) is 47.1 Å². The van der Waals surface area contributed by atoms with Crippen LogP contribution in [0.3, 0.4) is 0 Å². The van der Waals surface area contributed by atoms with Gasteiger partial charge in [-0.15, -0.1) is 0 Å². The van der Waals surface area contributed by atoms with Crippen LogP contribution in [0.5, 0.6) is 11.6 Å². The van der Waals surface area contributed by atoms with Crippen LogP contribution in [0, 0.1) is 0 Å². The summed E-state index contributed by atoms with van der Waals surface area (Å²) in [6, 6.07) is 11.7. The molecule has 19 heavy (non-hydrogen) atoms. The van der Waals surface area contributed by atoms with Crippen LogP contribution in [0.25, 0.3) is 0 Å². The third kappa shape index (κ3) is 4.04. The van der Waals surface area contributed by atoms with Crippen molar-refractivity contribution >= 4 is 15.9 Å². The van der Waals surface area contributed by atoms with Crippen molar-refractivity contribution in [3.63, 3.8) is 0 Å². The standard InChI is InChI=1S/C15H17BrN2O/c1-2-9-17-11-12-6-5-10-18-15(12)19-14-8-4-3-7-13(14)16/h3-8,10,17H,2,9,11H2,1H3. The molecule has 0 unspecified atom stereocenters. The minimum absolute atomic E-state index is 0.651. The van der Waals surface area contributed by atoms with E-state index in [0.717, 1.165) is 35.3 Å². The number of aromatic nitrogens is 1. The maximum Gasteiger partial charge on any atom is 0.223 e. The van der Waals surface area contributed by atoms with Gasteiger partial charge in [0.2, 0.25) is 5.88 Å². The van der Waals surface area contributed by atoms with E-state index in [1.54, 1.807) is 6.20 Å². The molecular weight excluding hydrogens is 304 g/mol. The molecule has 0 bridgehead atoms. The highest BCUT2D eigenvalue weighted by molar-refractivity contribution is 9.10. The van der Waals surface area contributed by atoms with E-state index in [0.29, 0.717) is 5.88 Å². The van der Waals surface area contributed by atoms with E-state index in [4.69, 9.17) is 4.74 Å². The van der Waals surface area contributed by atoms with Crippen molar-refractivity contribution in [2.24, 2.45) is 0 Å². The fraction of sp³-hybridized carbons (Fsp3) is 0.267. The van der Waals surface area contributed by atoms with Crippen molar-refractivity contribution in [3.05, 3.63) is 52.6 Å². The largest absolute Gasteiger partial charge is 0.438 e. The van der Waals surface area contributed by atoms with Gasteiger partial charge in [0.05, 0.1) is 4.47 Å². The summed E-state index contributed by atoms with van der Waals surface area (Å²) in [6.45, 7) is 3.90. The van der Waals surface area contributed by atoms with Gasteiger partial charge in [-0.1, -0.05) is 25.1 Å². The first-order valence-corrected chi connectivity index (χ1v) is 7.17. The number of para-hydroxylation sites is 1. The summed E-state index contributed by atoms with van der Waals surface area (Å²) < 4.78 is 6.80. The molecule has 2 rings (SSSR count). The van der Waals surface area contributed by atoms with Gasteiger partial charge in [0.25, 0.3) is 0 Å². The summed E-state index contributed by atoms with van der Waals surface area (Å²) >= 11 is 3.47. The molecule has 0 atom stereocenters. The number of halogens is 1. The van der Waals surface area contributed by atoms with E-state index in [1.807, 2.05) is 36.4 Å². The minimum atomic E-state index is 0.651. The lowest BCUT2D eigenvalue weighted by Crippen LogP contribution is -2.14. The Morgan fingerprint density at radius 2 is 2.05 bits per heavy atom. The second kappa shape index (κ2) is 7.26. The summed E-state index contributed by atoms with van der Waals surface area (Å²) in [4.78, 5) is 4.31. The maximum absolute atomic E-state index is 5.87. The van der Waals surface area contributed by atoms with Crippen molar-refractivity contribution < 1.29 is 4.74 Å². The van der Waals surface area contributed by atoms with Crippen LogP contribution in [-0.4, -0.2) is 11.5 Å². The summed E-state index contributed by atoms with van der Waals surface area (Å²) in [5.41, 5.74) is 1.06. The molecule has 1 aromatic carbocycles. The van der Waals surface area contributed by atoms with Crippen molar-refractivity contribution in [1.82, 2.24) is 10.3 Å². The van der Waals surface area contributed by atoms with Gasteiger partial charge in [-0.25, -0.2) is 4.98 Å². The molecule has 2 aromatic rings. The molecule has 0 saturated carbocycles. The molecule has 1 N–H and O–H groups in total. The molecule has 0 aliphatic heterocycles. The molecule has 1 aromatic heterocycles. The highest BCUT2D eigenvalue weighted by Crippen LogP contribution is 2.29. The molecule has 0 radical (unpaired) electrons. The SMILES string of the molecule is CCCNCc1cccnc1Oc1ccccc1Br. The quantitative estimate of drug-likeness (QED) is 0.812. The molecule has 4 heteroatoms. The van der Waals surface area contributed by atoms with Crippen LogP contribution in [-0.2, 0) is 6.54 Å². The average molecular weight is 321 g/mol. The summed E-state index contributed by atoms with van der Waals surface area (Å²) in [5.74, 6) is 1.43. The number of hydrogen-bond donors (Lipinski definition) is 1. The Hall–Kier alpha value is -1.39. The molecule has 3 nitrogen and oxygen atoms in total. The molecule has 1 heterocycles. The molecule has 0 fully saturated rings. The zero-order chi connectivity index (χ0) is 13.5. The number of benzene rings is 1. The van der Waals surface area contributed by atoms with Crippen LogP contribution < -0.4 is 10.1 Å². The Labute approximate surface area is 122 Å². The Morgan fingerprint density at radius 3 is 2.84 bits per heavy atom. The summed E-state index contributed by atoms with van der Waals surface area (Å²) in [7, 11) is 0. The minimum Gasteiger partial charge on any atom is -0.438 e. The van der Waals surface area contributed by atoms with E-state index >= 15 is 0 Å². The molecule has 0 aliphatic rings. The van der Waals surface area contributed by atoms with Crippen LogP contribution in [0.2, 0.25) is 0 Å². The Morgan fingerprint density at radius 1 is 1.21 bits per heavy atom. The fourth-order valence-corrected chi connectivity index (χ4v) is 2.05. The van der Waals surface area contributed by atoms with Crippen molar-refractivity contribution in [1.29, 1.82) is 0 Å². The lowest BCUT2D eigenvalue weighted by molar-refractivity contribution is 0.450. The summed E-state index contributed by atoms with van der Waals surface area (Å²) in [6.07, 6.45) is 2.86. The first kappa shape index (κ1) is 14.0. The monoisotopic (exact) mass is 320 g/mol. The number of ether oxygens (including phenoxy) is 1. The zero-order valence-corrected chi connectivity index (χ0v) is 12.5. The van der Waals surface area contributed by atoms with Gasteiger partial charge in [0.15, 0.2) is 0 Å². The first-order chi connectivity index (χ1) is 9.31. The van der Waals surface area contributed by atoms with E-state index in [1.165, 1.54) is 0 Å². The second-order valence-electron chi connectivity index (χ2n) is 4.18. The lowest BCUT2D eigenvalue weighted by atomic mass is 10.2. The number of pyridine rings is 1. The maximum atomic E-state index is 5.87. The third-order valence-corrected chi connectivity index (χ3v) is 3.29. The molecule has 0 saturated heterocycles. The topological polar surface area (TPSA) is 34.2 Å². The smallest absolute Gasteiger partial charge is 0.223 e. The number of nitrogens with one attached hydrogen (secondary N) is 1. The van der Waals surface area contributed by atoms with Gasteiger partial charge in [0, 0.05) is 18.3 Å². The predicted octanol–water partition coefficient (Wildman–Crippen LogP) is 4.14. The molecule has 100 valence electrons. The van der Waals surface area contributed by atoms with Crippen LogP contribution in [0.4, 0.5) is 0 Å². The highest BCUT2D eigenvalue weighted by Gasteiger charge is 2.07. The number of hydrogen-bond acceptors (Lipinski definition) is 3. The van der Waals surface area contributed by atoms with Gasteiger partial charge in [-0.05, 0) is 47.1 Å². The predicted molar refractivity (Wildman–Crippen MR) is 80.5 cm³/mol.